The van der Waals surface area contributed by atoms with Gasteiger partial charge in [-0.25, -0.2) is 0 Å². The molecule has 0 aromatic heterocycles. The van der Waals surface area contributed by atoms with Gasteiger partial charge in [-0.2, -0.15) is 0 Å². The Morgan fingerprint density at radius 3 is 2.84 bits per heavy atom. The summed E-state index contributed by atoms with van der Waals surface area (Å²) in [5.41, 5.74) is 1.07. The number of benzene rings is 1. The van der Waals surface area contributed by atoms with Gasteiger partial charge in [0.25, 0.3) is 0 Å². The fourth-order valence-corrected chi connectivity index (χ4v) is 1.89. The van der Waals surface area contributed by atoms with Gasteiger partial charge in [-0.15, -0.1) is 6.58 Å². The smallest absolute Gasteiger partial charge is 0.324 e. The average Bonchev–Trinajstić information content (AvgIpc) is 2.43. The van der Waals surface area contributed by atoms with Crippen molar-refractivity contribution in [2.75, 3.05) is 19.8 Å². The molecule has 0 aliphatic carbocycles. The van der Waals surface area contributed by atoms with Crippen molar-refractivity contribution in [1.29, 1.82) is 0 Å². The molecule has 0 bridgehead atoms. The van der Waals surface area contributed by atoms with Crippen LogP contribution in [0.25, 0.3) is 0 Å². The van der Waals surface area contributed by atoms with Crippen LogP contribution in [-0.4, -0.2) is 36.9 Å². The molecule has 5 nitrogen and oxygen atoms in total. The van der Waals surface area contributed by atoms with E-state index < -0.39 is 12.0 Å². The number of ether oxygens (including phenoxy) is 2. The second-order valence-electron chi connectivity index (χ2n) is 4.23. The van der Waals surface area contributed by atoms with Crippen LogP contribution in [0.2, 0.25) is 0 Å². The summed E-state index contributed by atoms with van der Waals surface area (Å²) < 4.78 is 10.9. The van der Waals surface area contributed by atoms with Gasteiger partial charge >= 0.3 is 5.97 Å². The highest BCUT2D eigenvalue weighted by Gasteiger charge is 2.13. The first-order valence-electron chi connectivity index (χ1n) is 6.18. The molecule has 0 fully saturated rings. The Labute approximate surface area is 111 Å². The van der Waals surface area contributed by atoms with Crippen molar-refractivity contribution in [3.05, 3.63) is 36.4 Å². The van der Waals surface area contributed by atoms with E-state index in [1.807, 2.05) is 18.2 Å². The van der Waals surface area contributed by atoms with Gasteiger partial charge in [-0.1, -0.05) is 12.1 Å². The summed E-state index contributed by atoms with van der Waals surface area (Å²) in [7, 11) is 0. The van der Waals surface area contributed by atoms with Crippen molar-refractivity contribution in [1.82, 2.24) is 5.32 Å². The molecule has 1 aromatic carbocycles. The Morgan fingerprint density at radius 2 is 2.16 bits per heavy atom. The van der Waals surface area contributed by atoms with Gasteiger partial charge in [0.05, 0.1) is 0 Å². The molecule has 0 amide bonds. The number of hydrogen-bond acceptors (Lipinski definition) is 4. The van der Waals surface area contributed by atoms with E-state index in [1.165, 1.54) is 6.08 Å². The lowest BCUT2D eigenvalue weighted by Gasteiger charge is -2.19. The lowest BCUT2D eigenvalue weighted by atomic mass is 10.1. The first-order chi connectivity index (χ1) is 9.20. The van der Waals surface area contributed by atoms with E-state index in [2.05, 4.69) is 11.9 Å². The Bertz CT molecular complexity index is 473. The molecule has 1 atom stereocenters. The number of hydrogen-bond donors (Lipinski definition) is 2. The topological polar surface area (TPSA) is 67.8 Å². The molecule has 0 saturated carbocycles. The van der Waals surface area contributed by atoms with Crippen LogP contribution in [0.15, 0.2) is 30.9 Å². The van der Waals surface area contributed by atoms with Crippen LogP contribution in [0.5, 0.6) is 11.5 Å². The zero-order valence-corrected chi connectivity index (χ0v) is 10.6. The van der Waals surface area contributed by atoms with Crippen molar-refractivity contribution in [2.24, 2.45) is 0 Å². The Hall–Kier alpha value is -2.01. The SMILES string of the molecule is C=CC(NCCc1ccc2c(c1)OCCO2)C(=O)O. The third-order valence-electron chi connectivity index (χ3n) is 2.89. The summed E-state index contributed by atoms with van der Waals surface area (Å²) in [5.74, 6) is 0.594. The number of aliphatic carboxylic acids is 1. The summed E-state index contributed by atoms with van der Waals surface area (Å²) in [6.45, 7) is 5.18. The van der Waals surface area contributed by atoms with E-state index >= 15 is 0 Å². The Balaban J connectivity index is 1.89. The van der Waals surface area contributed by atoms with Crippen LogP contribution in [0, 0.1) is 0 Å². The Kier molecular flexibility index (Phi) is 4.41. The van der Waals surface area contributed by atoms with Gasteiger partial charge in [-0.05, 0) is 24.1 Å². The number of carboxylic acid groups (broad SMARTS) is 1. The first kappa shape index (κ1) is 13.4. The maximum Gasteiger partial charge on any atom is 0.324 e. The van der Waals surface area contributed by atoms with Gasteiger partial charge in [0.2, 0.25) is 0 Å². The molecule has 19 heavy (non-hydrogen) atoms. The number of carbonyl (C=O) groups is 1. The van der Waals surface area contributed by atoms with Gasteiger partial charge in [-0.3, -0.25) is 4.79 Å². The molecule has 2 rings (SSSR count). The predicted molar refractivity (Wildman–Crippen MR) is 70.8 cm³/mol. The van der Waals surface area contributed by atoms with Crippen LogP contribution in [0.4, 0.5) is 0 Å². The van der Waals surface area contributed by atoms with Crippen molar-refractivity contribution in [3.63, 3.8) is 0 Å². The second kappa shape index (κ2) is 6.24. The Morgan fingerprint density at radius 1 is 1.42 bits per heavy atom. The fourth-order valence-electron chi connectivity index (χ4n) is 1.89. The van der Waals surface area contributed by atoms with Crippen molar-refractivity contribution < 1.29 is 19.4 Å². The normalized spacial score (nSPS) is 14.7. The average molecular weight is 263 g/mol. The zero-order chi connectivity index (χ0) is 13.7. The summed E-state index contributed by atoms with van der Waals surface area (Å²) in [4.78, 5) is 10.8. The molecular formula is C14H17NO4. The summed E-state index contributed by atoms with van der Waals surface area (Å²) in [5, 5.41) is 11.8. The lowest BCUT2D eigenvalue weighted by Crippen LogP contribution is -2.35. The maximum absolute atomic E-state index is 10.8. The largest absolute Gasteiger partial charge is 0.486 e. The molecule has 1 aliphatic heterocycles. The second-order valence-corrected chi connectivity index (χ2v) is 4.23. The molecule has 102 valence electrons. The highest BCUT2D eigenvalue weighted by molar-refractivity contribution is 5.75. The van der Waals surface area contributed by atoms with E-state index in [-0.39, 0.29) is 0 Å². The standard InChI is InChI=1S/C14H17NO4/c1-2-11(14(16)17)15-6-5-10-3-4-12-13(9-10)19-8-7-18-12/h2-4,9,11,15H,1,5-8H2,(H,16,17). The molecule has 1 heterocycles. The van der Waals surface area contributed by atoms with Gasteiger partial charge < -0.3 is 19.9 Å². The number of carboxylic acids is 1. The quantitative estimate of drug-likeness (QED) is 0.756. The van der Waals surface area contributed by atoms with E-state index in [9.17, 15) is 4.79 Å². The molecule has 0 radical (unpaired) electrons. The molecule has 2 N–H and O–H groups in total. The molecule has 0 spiro atoms. The zero-order valence-electron chi connectivity index (χ0n) is 10.6. The monoisotopic (exact) mass is 263 g/mol. The summed E-state index contributed by atoms with van der Waals surface area (Å²) in [6.07, 6.45) is 2.10. The molecular weight excluding hydrogens is 246 g/mol. The first-order valence-corrected chi connectivity index (χ1v) is 6.18. The summed E-state index contributed by atoms with van der Waals surface area (Å²) >= 11 is 0. The predicted octanol–water partition coefficient (Wildman–Crippen LogP) is 1.23. The highest BCUT2D eigenvalue weighted by atomic mass is 16.6. The van der Waals surface area contributed by atoms with Crippen LogP contribution < -0.4 is 14.8 Å². The van der Waals surface area contributed by atoms with E-state index in [4.69, 9.17) is 14.6 Å². The van der Waals surface area contributed by atoms with Crippen molar-refractivity contribution in [2.45, 2.75) is 12.5 Å². The molecule has 1 unspecified atom stereocenters. The van der Waals surface area contributed by atoms with Crippen LogP contribution in [0.3, 0.4) is 0 Å². The molecule has 0 saturated heterocycles. The molecule has 1 aromatic rings. The number of nitrogens with one attached hydrogen (secondary N) is 1. The van der Waals surface area contributed by atoms with Gasteiger partial charge in [0.15, 0.2) is 11.5 Å². The van der Waals surface area contributed by atoms with Crippen LogP contribution >= 0.6 is 0 Å². The van der Waals surface area contributed by atoms with E-state index in [1.54, 1.807) is 0 Å². The van der Waals surface area contributed by atoms with E-state index in [0.29, 0.717) is 26.2 Å². The highest BCUT2D eigenvalue weighted by Crippen LogP contribution is 2.30. The van der Waals surface area contributed by atoms with Crippen molar-refractivity contribution >= 4 is 5.97 Å². The maximum atomic E-state index is 10.8. The van der Waals surface area contributed by atoms with E-state index in [0.717, 1.165) is 17.1 Å². The van der Waals surface area contributed by atoms with Crippen LogP contribution in [0.1, 0.15) is 5.56 Å². The number of fused-ring (bicyclic) bond motifs is 1. The minimum Gasteiger partial charge on any atom is -0.486 e. The fraction of sp³-hybridized carbons (Fsp3) is 0.357. The lowest BCUT2D eigenvalue weighted by molar-refractivity contribution is -0.138. The molecule has 5 heteroatoms. The molecule has 1 aliphatic rings. The third-order valence-corrected chi connectivity index (χ3v) is 2.89. The van der Waals surface area contributed by atoms with Gasteiger partial charge in [0, 0.05) is 6.54 Å². The van der Waals surface area contributed by atoms with Crippen LogP contribution in [-0.2, 0) is 11.2 Å². The third kappa shape index (κ3) is 3.48. The minimum absolute atomic E-state index is 0.558. The minimum atomic E-state index is -0.919. The number of rotatable bonds is 6. The van der Waals surface area contributed by atoms with Crippen molar-refractivity contribution in [3.8, 4) is 11.5 Å². The van der Waals surface area contributed by atoms with Gasteiger partial charge in [0.1, 0.15) is 19.3 Å². The summed E-state index contributed by atoms with van der Waals surface area (Å²) in [6, 6.07) is 5.06.